The molecule has 6 heavy (non-hydrogen) atoms. The molecule has 0 aromatic carbocycles. The topological polar surface area (TPSA) is 44.5 Å². The summed E-state index contributed by atoms with van der Waals surface area (Å²) in [5.41, 5.74) is 0. The van der Waals surface area contributed by atoms with E-state index in [0.29, 0.717) is 10.5 Å². The predicted molar refractivity (Wildman–Crippen MR) is 25.8 cm³/mol. The molecule has 0 heterocycles. The molecule has 0 bridgehead atoms. The first kappa shape index (κ1) is 6.10. The van der Waals surface area contributed by atoms with Gasteiger partial charge in [-0.25, -0.2) is 5.90 Å². The standard InChI is InChI=1S/C2H9NO2Si/c1-2(4-3)5-6/h2H,3H2,1,6H3. The molecule has 2 N–H and O–H groups in total. The molecule has 0 fully saturated rings. The minimum Gasteiger partial charge on any atom is -0.403 e. The van der Waals surface area contributed by atoms with Crippen LogP contribution in [0.4, 0.5) is 0 Å². The van der Waals surface area contributed by atoms with Crippen molar-refractivity contribution in [2.45, 2.75) is 13.2 Å². The van der Waals surface area contributed by atoms with Gasteiger partial charge in [0.1, 0.15) is 10.5 Å². The van der Waals surface area contributed by atoms with Crippen LogP contribution in [-0.4, -0.2) is 16.8 Å². The smallest absolute Gasteiger partial charge is 0.163 e. The van der Waals surface area contributed by atoms with Crippen molar-refractivity contribution in [2.24, 2.45) is 5.90 Å². The zero-order valence-electron chi connectivity index (χ0n) is 3.97. The summed E-state index contributed by atoms with van der Waals surface area (Å²) in [6.07, 6.45) is -0.225. The summed E-state index contributed by atoms with van der Waals surface area (Å²) in [6, 6.07) is 0. The molecule has 38 valence electrons. The van der Waals surface area contributed by atoms with E-state index in [0.717, 1.165) is 0 Å². The van der Waals surface area contributed by atoms with Crippen molar-refractivity contribution >= 4 is 10.5 Å². The lowest BCUT2D eigenvalue weighted by atomic mass is 10.8. The first-order chi connectivity index (χ1) is 2.81. The maximum absolute atomic E-state index is 4.69. The molecule has 0 aliphatic rings. The largest absolute Gasteiger partial charge is 0.403 e. The van der Waals surface area contributed by atoms with Gasteiger partial charge in [-0.2, -0.15) is 0 Å². The lowest BCUT2D eigenvalue weighted by Crippen LogP contribution is -2.14. The molecule has 0 spiro atoms. The Morgan fingerprint density at radius 2 is 2.33 bits per heavy atom. The van der Waals surface area contributed by atoms with Crippen LogP contribution in [-0.2, 0) is 9.26 Å². The van der Waals surface area contributed by atoms with Gasteiger partial charge in [-0.1, -0.05) is 0 Å². The Hall–Kier alpha value is 0.0969. The maximum atomic E-state index is 4.69. The molecule has 1 unspecified atom stereocenters. The average molecular weight is 107 g/mol. The van der Waals surface area contributed by atoms with Crippen LogP contribution in [0.3, 0.4) is 0 Å². The highest BCUT2D eigenvalue weighted by molar-refractivity contribution is 5.98. The fourth-order valence-electron chi connectivity index (χ4n) is 0.0556. The van der Waals surface area contributed by atoms with E-state index >= 15 is 0 Å². The van der Waals surface area contributed by atoms with E-state index in [4.69, 9.17) is 4.43 Å². The fourth-order valence-corrected chi connectivity index (χ4v) is 0.167. The molecular weight excluding hydrogens is 98.1 g/mol. The average Bonchev–Trinajstić information content (AvgIpc) is 1.65. The molecule has 0 saturated heterocycles. The second kappa shape index (κ2) is 3.29. The lowest BCUT2D eigenvalue weighted by Gasteiger charge is -2.03. The van der Waals surface area contributed by atoms with Crippen LogP contribution in [0.25, 0.3) is 0 Å². The second-order valence-corrected chi connectivity index (χ2v) is 1.41. The summed E-state index contributed by atoms with van der Waals surface area (Å²) in [6.45, 7) is 1.74. The Bertz CT molecular complexity index is 30.7. The normalized spacial score (nSPS) is 15.0. The third-order valence-electron chi connectivity index (χ3n) is 0.524. The predicted octanol–water partition coefficient (Wildman–Crippen LogP) is -1.48. The summed E-state index contributed by atoms with van der Waals surface area (Å²) in [5, 5.41) is 0. The number of hydrogen-bond donors (Lipinski definition) is 1. The molecule has 0 saturated carbocycles. The molecule has 0 radical (unpaired) electrons. The number of nitrogens with two attached hydrogens (primary N) is 1. The van der Waals surface area contributed by atoms with Gasteiger partial charge in [0.05, 0.1) is 0 Å². The SMILES string of the molecule is CC(ON)O[SiH3]. The van der Waals surface area contributed by atoms with Gasteiger partial charge in [-0.3, -0.25) is 4.84 Å². The van der Waals surface area contributed by atoms with Crippen molar-refractivity contribution in [1.29, 1.82) is 0 Å². The summed E-state index contributed by atoms with van der Waals surface area (Å²) < 4.78 is 4.69. The minimum absolute atomic E-state index is 0.225. The Kier molecular flexibility index (Phi) is 3.35. The van der Waals surface area contributed by atoms with Gasteiger partial charge < -0.3 is 4.43 Å². The molecule has 1 atom stereocenters. The number of hydrogen-bond acceptors (Lipinski definition) is 3. The summed E-state index contributed by atoms with van der Waals surface area (Å²) >= 11 is 0. The molecule has 0 aromatic rings. The Morgan fingerprint density at radius 3 is 2.33 bits per heavy atom. The van der Waals surface area contributed by atoms with Gasteiger partial charge in [-0.15, -0.1) is 0 Å². The second-order valence-electron chi connectivity index (χ2n) is 0.939. The van der Waals surface area contributed by atoms with Gasteiger partial charge in [0, 0.05) is 0 Å². The molecule has 0 amide bonds. The zero-order valence-corrected chi connectivity index (χ0v) is 5.97. The highest BCUT2D eigenvalue weighted by atomic mass is 28.2. The van der Waals surface area contributed by atoms with E-state index in [1.807, 2.05) is 0 Å². The van der Waals surface area contributed by atoms with Gasteiger partial charge in [0.25, 0.3) is 0 Å². The van der Waals surface area contributed by atoms with Crippen LogP contribution < -0.4 is 5.90 Å². The maximum Gasteiger partial charge on any atom is 0.163 e. The minimum atomic E-state index is -0.225. The van der Waals surface area contributed by atoms with E-state index in [-0.39, 0.29) is 6.29 Å². The van der Waals surface area contributed by atoms with E-state index in [9.17, 15) is 0 Å². The third-order valence-corrected chi connectivity index (χ3v) is 1.19. The first-order valence-corrected chi connectivity index (χ1v) is 2.51. The van der Waals surface area contributed by atoms with Crippen LogP contribution in [0.15, 0.2) is 0 Å². The van der Waals surface area contributed by atoms with Crippen molar-refractivity contribution < 1.29 is 9.26 Å². The van der Waals surface area contributed by atoms with Crippen LogP contribution in [0.5, 0.6) is 0 Å². The third kappa shape index (κ3) is 2.34. The van der Waals surface area contributed by atoms with Gasteiger partial charge in [0.15, 0.2) is 6.29 Å². The van der Waals surface area contributed by atoms with Crippen LogP contribution in [0.1, 0.15) is 6.92 Å². The Labute approximate surface area is 39.9 Å². The zero-order chi connectivity index (χ0) is 4.99. The lowest BCUT2D eigenvalue weighted by molar-refractivity contribution is -0.0650. The quantitative estimate of drug-likeness (QED) is 0.266. The molecule has 3 nitrogen and oxygen atoms in total. The van der Waals surface area contributed by atoms with Gasteiger partial charge >= 0.3 is 0 Å². The number of rotatable bonds is 2. The van der Waals surface area contributed by atoms with Crippen molar-refractivity contribution in [1.82, 2.24) is 0 Å². The van der Waals surface area contributed by atoms with E-state index in [2.05, 4.69) is 10.7 Å². The summed E-state index contributed by atoms with van der Waals surface area (Å²) in [4.78, 5) is 4.21. The molecule has 4 heteroatoms. The Morgan fingerprint density at radius 1 is 1.83 bits per heavy atom. The van der Waals surface area contributed by atoms with E-state index < -0.39 is 0 Å². The highest BCUT2D eigenvalue weighted by Crippen LogP contribution is 1.79. The molecule has 0 aromatic heterocycles. The van der Waals surface area contributed by atoms with Gasteiger partial charge in [-0.05, 0) is 6.92 Å². The first-order valence-electron chi connectivity index (χ1n) is 1.69. The van der Waals surface area contributed by atoms with Crippen LogP contribution in [0.2, 0.25) is 0 Å². The monoisotopic (exact) mass is 107 g/mol. The summed E-state index contributed by atoms with van der Waals surface area (Å²) in [5.74, 6) is 4.68. The molecule has 0 aliphatic carbocycles. The van der Waals surface area contributed by atoms with Gasteiger partial charge in [0.2, 0.25) is 0 Å². The van der Waals surface area contributed by atoms with E-state index in [1.54, 1.807) is 6.92 Å². The molecular formula is C2H9NO2Si. The van der Waals surface area contributed by atoms with Crippen molar-refractivity contribution in [3.63, 3.8) is 0 Å². The van der Waals surface area contributed by atoms with Crippen molar-refractivity contribution in [3.05, 3.63) is 0 Å². The van der Waals surface area contributed by atoms with E-state index in [1.165, 1.54) is 0 Å². The highest BCUT2D eigenvalue weighted by Gasteiger charge is 1.88. The molecule has 0 aliphatic heterocycles. The fraction of sp³-hybridized carbons (Fsp3) is 1.00. The van der Waals surface area contributed by atoms with Crippen LogP contribution in [0, 0.1) is 0 Å². The van der Waals surface area contributed by atoms with Crippen molar-refractivity contribution in [3.8, 4) is 0 Å². The van der Waals surface area contributed by atoms with Crippen LogP contribution >= 0.6 is 0 Å². The van der Waals surface area contributed by atoms with Crippen molar-refractivity contribution in [2.75, 3.05) is 0 Å². The summed E-state index contributed by atoms with van der Waals surface area (Å²) in [7, 11) is 0.677. The Balaban J connectivity index is 2.75. The molecule has 0 rings (SSSR count).